The maximum absolute atomic E-state index is 5.33. The van der Waals surface area contributed by atoms with Gasteiger partial charge in [-0.25, -0.2) is 19.9 Å². The van der Waals surface area contributed by atoms with Crippen LogP contribution < -0.4 is 0 Å². The summed E-state index contributed by atoms with van der Waals surface area (Å²) in [5.74, 6) is 1.28. The van der Waals surface area contributed by atoms with Crippen molar-refractivity contribution in [1.82, 2.24) is 29.1 Å². The first-order valence-corrected chi connectivity index (χ1v) is 22.1. The van der Waals surface area contributed by atoms with Crippen molar-refractivity contribution in [2.45, 2.75) is 19.3 Å². The van der Waals surface area contributed by atoms with Gasteiger partial charge in [0.15, 0.2) is 0 Å². The van der Waals surface area contributed by atoms with Gasteiger partial charge in [0.1, 0.15) is 0 Å². The van der Waals surface area contributed by atoms with Gasteiger partial charge in [-0.2, -0.15) is 0 Å². The molecule has 0 radical (unpaired) electrons. The molecule has 6 nitrogen and oxygen atoms in total. The third-order valence-corrected chi connectivity index (χ3v) is 13.4. The number of benzene rings is 8. The molecule has 0 amide bonds. The predicted molar refractivity (Wildman–Crippen MR) is 266 cm³/mol. The number of rotatable bonds is 6. The largest absolute Gasteiger partial charge is 0.278 e. The minimum atomic E-state index is -0.348. The van der Waals surface area contributed by atoms with Crippen LogP contribution in [0.15, 0.2) is 206 Å². The molecule has 0 spiro atoms. The first kappa shape index (κ1) is 37.1. The van der Waals surface area contributed by atoms with Crippen LogP contribution in [0.1, 0.15) is 25.0 Å². The Labute approximate surface area is 375 Å². The molecule has 1 aliphatic carbocycles. The first-order chi connectivity index (χ1) is 32.0. The van der Waals surface area contributed by atoms with Gasteiger partial charge in [-0.1, -0.05) is 172 Å². The third kappa shape index (κ3) is 5.80. The van der Waals surface area contributed by atoms with E-state index in [1.807, 2.05) is 24.3 Å². The Morgan fingerprint density at radius 2 is 0.615 bits per heavy atom. The van der Waals surface area contributed by atoms with Crippen LogP contribution in [0.2, 0.25) is 0 Å². The molecule has 13 rings (SSSR count). The SMILES string of the molecule is CC1(C)c2cc3c(cc2-c2cc4c5ccccc5n(-c5nc(-c6ccccc6)cc(-c6ccccc6)n5)c4cc21)c1ccccc1n3-c1nc(-c2ccccc2)cc(-c2ccccc2)n1. The quantitative estimate of drug-likeness (QED) is 0.167. The van der Waals surface area contributed by atoms with Gasteiger partial charge < -0.3 is 0 Å². The van der Waals surface area contributed by atoms with Crippen LogP contribution >= 0.6 is 0 Å². The van der Waals surface area contributed by atoms with E-state index in [1.54, 1.807) is 0 Å². The lowest BCUT2D eigenvalue weighted by Crippen LogP contribution is -2.15. The maximum atomic E-state index is 5.33. The fourth-order valence-electron chi connectivity index (χ4n) is 10.2. The number of aromatic nitrogens is 6. The molecule has 0 aliphatic heterocycles. The van der Waals surface area contributed by atoms with Crippen molar-refractivity contribution < 1.29 is 0 Å². The van der Waals surface area contributed by atoms with Gasteiger partial charge >= 0.3 is 0 Å². The van der Waals surface area contributed by atoms with Crippen LogP contribution in [0.3, 0.4) is 0 Å². The monoisotopic (exact) mass is 832 g/mol. The molecular formula is C59H40N6. The molecule has 306 valence electrons. The van der Waals surface area contributed by atoms with Crippen LogP contribution in [0, 0.1) is 0 Å². The highest BCUT2D eigenvalue weighted by Gasteiger charge is 2.38. The second kappa shape index (κ2) is 14.3. The van der Waals surface area contributed by atoms with Crippen LogP contribution in [0.5, 0.6) is 0 Å². The lowest BCUT2D eigenvalue weighted by Gasteiger charge is -2.22. The summed E-state index contributed by atoms with van der Waals surface area (Å²) in [6, 6.07) is 72.8. The van der Waals surface area contributed by atoms with Gasteiger partial charge in [-0.05, 0) is 70.8 Å². The van der Waals surface area contributed by atoms with E-state index in [-0.39, 0.29) is 5.41 Å². The third-order valence-electron chi connectivity index (χ3n) is 13.4. The van der Waals surface area contributed by atoms with Crippen molar-refractivity contribution >= 4 is 43.6 Å². The summed E-state index contributed by atoms with van der Waals surface area (Å²) in [5.41, 5.74) is 16.7. The molecule has 0 atom stereocenters. The summed E-state index contributed by atoms with van der Waals surface area (Å²) in [5, 5.41) is 4.66. The highest BCUT2D eigenvalue weighted by atomic mass is 15.2. The van der Waals surface area contributed by atoms with E-state index in [9.17, 15) is 0 Å². The molecule has 6 heteroatoms. The van der Waals surface area contributed by atoms with Gasteiger partial charge in [0.05, 0.1) is 44.8 Å². The predicted octanol–water partition coefficient (Wildman–Crippen LogP) is 14.4. The highest BCUT2D eigenvalue weighted by Crippen LogP contribution is 2.53. The smallest absolute Gasteiger partial charge is 0.235 e. The molecule has 0 saturated heterocycles. The fraction of sp³-hybridized carbons (Fsp3) is 0.0508. The highest BCUT2D eigenvalue weighted by molar-refractivity contribution is 6.14. The molecule has 1 aliphatic rings. The van der Waals surface area contributed by atoms with E-state index in [0.717, 1.165) is 77.9 Å². The molecule has 12 aromatic rings. The van der Waals surface area contributed by atoms with Gasteiger partial charge in [-0.15, -0.1) is 0 Å². The van der Waals surface area contributed by atoms with Gasteiger partial charge in [0.25, 0.3) is 0 Å². The van der Waals surface area contributed by atoms with Crippen molar-refractivity contribution in [1.29, 1.82) is 0 Å². The number of fused-ring (bicyclic) bond motifs is 9. The minimum absolute atomic E-state index is 0.348. The molecule has 0 bridgehead atoms. The van der Waals surface area contributed by atoms with E-state index < -0.39 is 0 Å². The summed E-state index contributed by atoms with van der Waals surface area (Å²) in [4.78, 5) is 21.3. The number of hydrogen-bond donors (Lipinski definition) is 0. The van der Waals surface area contributed by atoms with Crippen molar-refractivity contribution in [3.8, 4) is 68.1 Å². The van der Waals surface area contributed by atoms with Crippen LogP contribution in [0.4, 0.5) is 0 Å². The molecule has 8 aromatic carbocycles. The van der Waals surface area contributed by atoms with Gasteiger partial charge in [-0.3, -0.25) is 9.13 Å². The lowest BCUT2D eigenvalue weighted by atomic mass is 9.82. The van der Waals surface area contributed by atoms with Gasteiger partial charge in [0, 0.05) is 49.2 Å². The molecular weight excluding hydrogens is 793 g/mol. The van der Waals surface area contributed by atoms with E-state index in [1.165, 1.54) is 33.0 Å². The zero-order valence-electron chi connectivity index (χ0n) is 35.8. The minimum Gasteiger partial charge on any atom is -0.278 e. The average molecular weight is 833 g/mol. The van der Waals surface area contributed by atoms with Crippen molar-refractivity contribution in [2.24, 2.45) is 0 Å². The number of nitrogens with zero attached hydrogens (tertiary/aromatic N) is 6. The summed E-state index contributed by atoms with van der Waals surface area (Å²) in [7, 11) is 0. The van der Waals surface area contributed by atoms with Crippen molar-refractivity contribution in [3.05, 3.63) is 217 Å². The Morgan fingerprint density at radius 3 is 0.954 bits per heavy atom. The summed E-state index contributed by atoms with van der Waals surface area (Å²) in [6.07, 6.45) is 0. The fourth-order valence-corrected chi connectivity index (χ4v) is 10.2. The molecule has 0 N–H and O–H groups in total. The van der Waals surface area contributed by atoms with E-state index in [2.05, 4.69) is 205 Å². The Kier molecular flexibility index (Phi) is 8.15. The summed E-state index contributed by atoms with van der Waals surface area (Å²) in [6.45, 7) is 4.71. The topological polar surface area (TPSA) is 61.4 Å². The Balaban J connectivity index is 1.04. The molecule has 4 aromatic heterocycles. The van der Waals surface area contributed by atoms with Crippen LogP contribution in [-0.2, 0) is 5.41 Å². The normalized spacial score (nSPS) is 12.9. The van der Waals surface area contributed by atoms with Crippen LogP contribution in [0.25, 0.3) is 112 Å². The van der Waals surface area contributed by atoms with Crippen molar-refractivity contribution in [3.63, 3.8) is 0 Å². The first-order valence-electron chi connectivity index (χ1n) is 22.1. The molecule has 0 unspecified atom stereocenters. The Bertz CT molecular complexity index is 3460. The van der Waals surface area contributed by atoms with Gasteiger partial charge in [0.2, 0.25) is 11.9 Å². The van der Waals surface area contributed by atoms with Crippen LogP contribution in [-0.4, -0.2) is 29.1 Å². The molecule has 0 fully saturated rings. The second-order valence-electron chi connectivity index (χ2n) is 17.5. The zero-order valence-corrected chi connectivity index (χ0v) is 35.8. The van der Waals surface area contributed by atoms with E-state index in [0.29, 0.717) is 11.9 Å². The second-order valence-corrected chi connectivity index (χ2v) is 17.5. The maximum Gasteiger partial charge on any atom is 0.235 e. The number of para-hydroxylation sites is 2. The summed E-state index contributed by atoms with van der Waals surface area (Å²) < 4.78 is 4.53. The molecule has 4 heterocycles. The standard InChI is InChI=1S/C59H40N6/c1-59(2)47-33-55-45(41-27-15-17-29-53(41)64(55)57-60-49(37-19-7-3-8-20-37)35-50(61-57)38-21-9-4-10-22-38)31-43(47)44-32-46-42-28-16-18-30-54(42)65(56(46)34-48(44)59)58-62-51(39-23-11-5-12-24-39)36-52(63-58)40-25-13-6-14-26-40/h3-36H,1-2H3. The van der Waals surface area contributed by atoms with Crippen molar-refractivity contribution in [2.75, 3.05) is 0 Å². The number of hydrogen-bond acceptors (Lipinski definition) is 4. The Hall–Kier alpha value is -8.48. The zero-order chi connectivity index (χ0) is 43.2. The molecule has 0 saturated carbocycles. The summed E-state index contributed by atoms with van der Waals surface area (Å²) >= 11 is 0. The molecule has 65 heavy (non-hydrogen) atoms. The van der Waals surface area contributed by atoms with E-state index in [4.69, 9.17) is 19.9 Å². The average Bonchev–Trinajstić information content (AvgIpc) is 3.95. The van der Waals surface area contributed by atoms with E-state index >= 15 is 0 Å². The Morgan fingerprint density at radius 1 is 0.308 bits per heavy atom. The lowest BCUT2D eigenvalue weighted by molar-refractivity contribution is 0.661.